The zero-order valence-electron chi connectivity index (χ0n) is 17.7. The number of carbonyl (C=O) groups is 3. The number of nitrogens with zero attached hydrogens (tertiary/aromatic N) is 1. The van der Waals surface area contributed by atoms with Crippen molar-refractivity contribution in [3.8, 4) is 5.75 Å². The van der Waals surface area contributed by atoms with Crippen LogP contribution in [0.5, 0.6) is 5.75 Å². The summed E-state index contributed by atoms with van der Waals surface area (Å²) in [4.78, 5) is 39.6. The van der Waals surface area contributed by atoms with Crippen molar-refractivity contribution in [2.75, 3.05) is 12.4 Å². The summed E-state index contributed by atoms with van der Waals surface area (Å²) in [5.74, 6) is -1.20. The van der Waals surface area contributed by atoms with Gasteiger partial charge >= 0.3 is 6.03 Å². The molecule has 4 amide bonds. The molecule has 0 radical (unpaired) electrons. The molecule has 1 aromatic rings. The Labute approximate surface area is 210 Å². The minimum absolute atomic E-state index is 0.0220. The average Bonchev–Trinajstić information content (AvgIpc) is 3.07. The SMILES string of the molecule is CC(Oc1cc(Cl)c(Cl)cc1Cl)C(=O)NC1(CCCl)CN([C@H]2C[C@H](O)[C@@H](C)O2)C(=O)NC1=O. The molecule has 0 aliphatic carbocycles. The molecule has 2 saturated heterocycles. The minimum atomic E-state index is -1.54. The molecule has 0 saturated carbocycles. The molecule has 2 unspecified atom stereocenters. The van der Waals surface area contributed by atoms with Gasteiger partial charge in [0.15, 0.2) is 6.10 Å². The first-order valence-corrected chi connectivity index (χ1v) is 11.8. The second-order valence-electron chi connectivity index (χ2n) is 7.95. The number of aliphatic hydroxyl groups is 1. The van der Waals surface area contributed by atoms with Gasteiger partial charge in [0.1, 0.15) is 17.5 Å². The quantitative estimate of drug-likeness (QED) is 0.360. The van der Waals surface area contributed by atoms with Crippen molar-refractivity contribution < 1.29 is 29.0 Å². The lowest BCUT2D eigenvalue weighted by molar-refractivity contribution is -0.140. The molecule has 9 nitrogen and oxygen atoms in total. The number of aliphatic hydroxyl groups excluding tert-OH is 1. The van der Waals surface area contributed by atoms with Crippen LogP contribution in [0.25, 0.3) is 0 Å². The molecule has 2 aliphatic rings. The highest BCUT2D eigenvalue weighted by molar-refractivity contribution is 6.43. The normalized spacial score (nSPS) is 28.5. The summed E-state index contributed by atoms with van der Waals surface area (Å²) < 4.78 is 11.3. The van der Waals surface area contributed by atoms with E-state index in [-0.39, 0.29) is 46.1 Å². The third-order valence-electron chi connectivity index (χ3n) is 5.59. The van der Waals surface area contributed by atoms with Gasteiger partial charge in [-0.2, -0.15) is 0 Å². The predicted molar refractivity (Wildman–Crippen MR) is 123 cm³/mol. The minimum Gasteiger partial charge on any atom is -0.479 e. The first kappa shape index (κ1) is 26.1. The van der Waals surface area contributed by atoms with Gasteiger partial charge in [0.05, 0.1) is 33.8 Å². The zero-order valence-corrected chi connectivity index (χ0v) is 20.8. The maximum Gasteiger partial charge on any atom is 0.326 e. The number of urea groups is 1. The number of amides is 4. The van der Waals surface area contributed by atoms with Crippen molar-refractivity contribution >= 4 is 64.2 Å². The molecule has 0 bridgehead atoms. The molecule has 3 rings (SSSR count). The summed E-state index contributed by atoms with van der Waals surface area (Å²) in [6, 6.07) is 2.08. The van der Waals surface area contributed by atoms with Crippen LogP contribution in [0, 0.1) is 0 Å². The van der Waals surface area contributed by atoms with Crippen LogP contribution in [0.15, 0.2) is 12.1 Å². The van der Waals surface area contributed by atoms with Crippen LogP contribution in [0.3, 0.4) is 0 Å². The van der Waals surface area contributed by atoms with Crippen LogP contribution in [0.1, 0.15) is 26.7 Å². The van der Waals surface area contributed by atoms with Crippen molar-refractivity contribution in [1.82, 2.24) is 15.5 Å². The third-order valence-corrected chi connectivity index (χ3v) is 6.80. The van der Waals surface area contributed by atoms with E-state index < -0.39 is 47.9 Å². The number of ether oxygens (including phenoxy) is 2. The van der Waals surface area contributed by atoms with Gasteiger partial charge in [-0.25, -0.2) is 4.79 Å². The van der Waals surface area contributed by atoms with Gasteiger partial charge in [-0.3, -0.25) is 19.8 Å². The second-order valence-corrected chi connectivity index (χ2v) is 9.55. The predicted octanol–water partition coefficient (Wildman–Crippen LogP) is 2.95. The third kappa shape index (κ3) is 5.61. The fourth-order valence-corrected chi connectivity index (χ4v) is 4.54. The van der Waals surface area contributed by atoms with Gasteiger partial charge in [-0.15, -0.1) is 11.6 Å². The Balaban J connectivity index is 1.78. The smallest absolute Gasteiger partial charge is 0.326 e. The summed E-state index contributed by atoms with van der Waals surface area (Å²) in [5, 5.41) is 15.5. The molecule has 0 aromatic heterocycles. The zero-order chi connectivity index (χ0) is 24.5. The number of halogens is 4. The van der Waals surface area contributed by atoms with E-state index in [0.29, 0.717) is 0 Å². The second kappa shape index (κ2) is 10.4. The van der Waals surface area contributed by atoms with Crippen LogP contribution in [-0.2, 0) is 14.3 Å². The fourth-order valence-electron chi connectivity index (χ4n) is 3.64. The molecule has 5 atom stereocenters. The van der Waals surface area contributed by atoms with Crippen LogP contribution in [-0.4, -0.2) is 70.4 Å². The van der Waals surface area contributed by atoms with Crippen molar-refractivity contribution in [2.24, 2.45) is 0 Å². The number of hydrogen-bond acceptors (Lipinski definition) is 6. The summed E-state index contributed by atoms with van der Waals surface area (Å²) >= 11 is 24.0. The molecule has 1 aromatic carbocycles. The number of nitrogens with one attached hydrogen (secondary N) is 2. The highest BCUT2D eigenvalue weighted by Gasteiger charge is 2.50. The Morgan fingerprint density at radius 2 is 2.00 bits per heavy atom. The molecular weight excluding hydrogens is 520 g/mol. The number of rotatable bonds is 7. The summed E-state index contributed by atoms with van der Waals surface area (Å²) in [6.45, 7) is 2.95. The number of carbonyl (C=O) groups excluding carboxylic acids is 3. The molecule has 3 N–H and O–H groups in total. The molecule has 2 aliphatic heterocycles. The Morgan fingerprint density at radius 1 is 1.33 bits per heavy atom. The van der Waals surface area contributed by atoms with E-state index in [1.807, 2.05) is 0 Å². The van der Waals surface area contributed by atoms with Crippen LogP contribution >= 0.6 is 46.4 Å². The topological polar surface area (TPSA) is 117 Å². The van der Waals surface area contributed by atoms with E-state index in [0.717, 1.165) is 0 Å². The molecule has 33 heavy (non-hydrogen) atoms. The molecule has 2 heterocycles. The maximum absolute atomic E-state index is 13.0. The Hall–Kier alpha value is -1.49. The Bertz CT molecular complexity index is 941. The summed E-state index contributed by atoms with van der Waals surface area (Å²) in [7, 11) is 0. The van der Waals surface area contributed by atoms with Gasteiger partial charge in [0, 0.05) is 18.4 Å². The van der Waals surface area contributed by atoms with E-state index in [1.54, 1.807) is 6.92 Å². The van der Waals surface area contributed by atoms with E-state index in [9.17, 15) is 19.5 Å². The fraction of sp³-hybridized carbons (Fsp3) is 0.550. The van der Waals surface area contributed by atoms with Gasteiger partial charge in [0.2, 0.25) is 0 Å². The van der Waals surface area contributed by atoms with Crippen molar-refractivity contribution in [1.29, 1.82) is 0 Å². The lowest BCUT2D eigenvalue weighted by Crippen LogP contribution is -2.73. The van der Waals surface area contributed by atoms with Crippen molar-refractivity contribution in [3.05, 3.63) is 27.2 Å². The molecule has 2 fully saturated rings. The highest BCUT2D eigenvalue weighted by atomic mass is 35.5. The first-order valence-electron chi connectivity index (χ1n) is 10.1. The van der Waals surface area contributed by atoms with Crippen molar-refractivity contribution in [3.63, 3.8) is 0 Å². The molecule has 0 spiro atoms. The van der Waals surface area contributed by atoms with Crippen LogP contribution in [0.4, 0.5) is 4.79 Å². The van der Waals surface area contributed by atoms with Gasteiger partial charge < -0.3 is 19.9 Å². The van der Waals surface area contributed by atoms with E-state index in [4.69, 9.17) is 55.9 Å². The van der Waals surface area contributed by atoms with Gasteiger partial charge in [-0.05, 0) is 26.3 Å². The van der Waals surface area contributed by atoms with Crippen molar-refractivity contribution in [2.45, 2.75) is 56.8 Å². The average molecular weight is 543 g/mol. The van der Waals surface area contributed by atoms with Gasteiger partial charge in [0.25, 0.3) is 11.8 Å². The van der Waals surface area contributed by atoms with E-state index in [1.165, 1.54) is 24.0 Å². The monoisotopic (exact) mass is 541 g/mol. The summed E-state index contributed by atoms with van der Waals surface area (Å²) in [6.07, 6.45) is -2.90. The molecule has 13 heteroatoms. The standard InChI is InChI=1S/C20H23Cl4N3O6/c1-9-14(28)7-16(33-9)27-8-20(3-4-21,18(30)25-19(27)31)26-17(29)10(2)32-15-6-12(23)11(22)5-13(15)24/h5-6,9-10,14,16,28H,3-4,7-8H2,1-2H3,(H,26,29)(H,25,30,31)/t9-,10?,14+,16-,20?/m1/s1. The summed E-state index contributed by atoms with van der Waals surface area (Å²) in [5.41, 5.74) is -1.54. The lowest BCUT2D eigenvalue weighted by Gasteiger charge is -2.43. The van der Waals surface area contributed by atoms with Crippen LogP contribution < -0.4 is 15.4 Å². The number of benzene rings is 1. The van der Waals surface area contributed by atoms with E-state index in [2.05, 4.69) is 10.6 Å². The Kier molecular flexibility index (Phi) is 8.24. The molecular formula is C20H23Cl4N3O6. The number of hydrogen-bond donors (Lipinski definition) is 3. The maximum atomic E-state index is 13.0. The van der Waals surface area contributed by atoms with Crippen LogP contribution in [0.2, 0.25) is 15.1 Å². The highest BCUT2D eigenvalue weighted by Crippen LogP contribution is 2.34. The first-order chi connectivity index (χ1) is 15.5. The Morgan fingerprint density at radius 3 is 2.61 bits per heavy atom. The lowest BCUT2D eigenvalue weighted by atomic mass is 9.91. The molecule has 182 valence electrons. The van der Waals surface area contributed by atoms with Gasteiger partial charge in [-0.1, -0.05) is 34.8 Å². The van der Waals surface area contributed by atoms with E-state index >= 15 is 0 Å². The largest absolute Gasteiger partial charge is 0.479 e. The number of alkyl halides is 1. The number of imide groups is 1.